The van der Waals surface area contributed by atoms with Crippen LogP contribution in [0.2, 0.25) is 0 Å². The molecule has 110 valence electrons. The van der Waals surface area contributed by atoms with Crippen LogP contribution in [0.5, 0.6) is 0 Å². The van der Waals surface area contributed by atoms with E-state index in [4.69, 9.17) is 0 Å². The van der Waals surface area contributed by atoms with Crippen LogP contribution in [0, 0.1) is 12.8 Å². The van der Waals surface area contributed by atoms with Gasteiger partial charge in [0.2, 0.25) is 0 Å². The summed E-state index contributed by atoms with van der Waals surface area (Å²) in [5, 5.41) is 10.5. The first-order valence-corrected chi connectivity index (χ1v) is 8.16. The van der Waals surface area contributed by atoms with Gasteiger partial charge in [0.05, 0.1) is 5.69 Å². The highest BCUT2D eigenvalue weighted by Gasteiger charge is 2.24. The van der Waals surface area contributed by atoms with Crippen molar-refractivity contribution in [3.63, 3.8) is 0 Å². The Balaban J connectivity index is 2.28. The minimum absolute atomic E-state index is 0.283. The summed E-state index contributed by atoms with van der Waals surface area (Å²) in [5.41, 5.74) is 0.862. The number of carbonyl (C=O) groups is 1. The molecule has 1 aromatic rings. The molecule has 1 saturated carbocycles. The summed E-state index contributed by atoms with van der Waals surface area (Å²) in [7, 11) is 0. The zero-order valence-electron chi connectivity index (χ0n) is 12.3. The second-order valence-corrected chi connectivity index (χ2v) is 6.86. The molecule has 0 saturated heterocycles. The summed E-state index contributed by atoms with van der Waals surface area (Å²) >= 11 is 1.63. The number of aryl methyl sites for hydroxylation is 2. The molecule has 0 amide bonds. The van der Waals surface area contributed by atoms with Crippen LogP contribution in [0.1, 0.15) is 61.4 Å². The molecule has 0 bridgehead atoms. The van der Waals surface area contributed by atoms with Gasteiger partial charge in [-0.25, -0.2) is 14.8 Å². The second kappa shape index (κ2) is 6.57. The van der Waals surface area contributed by atoms with Crippen molar-refractivity contribution in [1.82, 2.24) is 9.97 Å². The van der Waals surface area contributed by atoms with E-state index in [2.05, 4.69) is 16.9 Å². The van der Waals surface area contributed by atoms with E-state index >= 15 is 0 Å². The topological polar surface area (TPSA) is 63.1 Å². The third kappa shape index (κ3) is 3.51. The van der Waals surface area contributed by atoms with Gasteiger partial charge >= 0.3 is 5.97 Å². The van der Waals surface area contributed by atoms with Crippen LogP contribution in [0.25, 0.3) is 0 Å². The summed E-state index contributed by atoms with van der Waals surface area (Å²) in [6, 6.07) is 0. The van der Waals surface area contributed by atoms with E-state index in [0.717, 1.165) is 31.0 Å². The van der Waals surface area contributed by atoms with Gasteiger partial charge in [-0.3, -0.25) is 0 Å². The lowest BCUT2D eigenvalue weighted by atomic mass is 9.91. The third-order valence-electron chi connectivity index (χ3n) is 3.80. The number of aromatic carboxylic acids is 1. The number of thioether (sulfide) groups is 1. The van der Waals surface area contributed by atoms with Gasteiger partial charge in [-0.15, -0.1) is 11.8 Å². The first-order chi connectivity index (χ1) is 9.51. The summed E-state index contributed by atoms with van der Waals surface area (Å²) in [6.45, 7) is 6.03. The lowest BCUT2D eigenvalue weighted by Gasteiger charge is -2.26. The van der Waals surface area contributed by atoms with Crippen LogP contribution in [0.15, 0.2) is 5.03 Å². The zero-order chi connectivity index (χ0) is 14.7. The highest BCUT2D eigenvalue weighted by atomic mass is 32.2. The van der Waals surface area contributed by atoms with Crippen LogP contribution >= 0.6 is 11.8 Å². The molecule has 1 aliphatic rings. The number of rotatable bonds is 4. The Bertz CT molecular complexity index is 505. The number of carboxylic acids is 1. The van der Waals surface area contributed by atoms with Crippen molar-refractivity contribution in [3.05, 3.63) is 17.1 Å². The smallest absolute Gasteiger partial charge is 0.340 e. The maximum atomic E-state index is 11.5. The van der Waals surface area contributed by atoms with E-state index in [0.29, 0.717) is 16.0 Å². The van der Waals surface area contributed by atoms with Crippen molar-refractivity contribution in [3.8, 4) is 0 Å². The van der Waals surface area contributed by atoms with Gasteiger partial charge in [-0.1, -0.05) is 26.7 Å². The average Bonchev–Trinajstić information content (AvgIpc) is 2.37. The van der Waals surface area contributed by atoms with Gasteiger partial charge in [0, 0.05) is 11.7 Å². The van der Waals surface area contributed by atoms with Crippen molar-refractivity contribution in [1.29, 1.82) is 0 Å². The SMILES string of the molecule is CCc1nc(C)c(C(=O)O)c(SC2CCCC(C)C2)n1. The van der Waals surface area contributed by atoms with Crippen LogP contribution < -0.4 is 0 Å². The summed E-state index contributed by atoms with van der Waals surface area (Å²) in [6.07, 6.45) is 5.54. The Hall–Kier alpha value is -1.10. The molecule has 0 aliphatic heterocycles. The Kier molecular flexibility index (Phi) is 5.02. The molecule has 2 rings (SSSR count). The predicted octanol–water partition coefficient (Wildman–Crippen LogP) is 3.72. The second-order valence-electron chi connectivity index (χ2n) is 5.58. The monoisotopic (exact) mass is 294 g/mol. The molecule has 5 heteroatoms. The fourth-order valence-corrected chi connectivity index (χ4v) is 4.27. The normalized spacial score (nSPS) is 22.8. The fourth-order valence-electron chi connectivity index (χ4n) is 2.74. The Morgan fingerprint density at radius 1 is 1.40 bits per heavy atom. The van der Waals surface area contributed by atoms with Crippen molar-refractivity contribution in [2.24, 2.45) is 5.92 Å². The molecule has 0 aromatic carbocycles. The standard InChI is InChI=1S/C15H22N2O2S/c1-4-12-16-10(3)13(15(18)19)14(17-12)20-11-7-5-6-9(2)8-11/h9,11H,4-8H2,1-3H3,(H,18,19). The number of hydrogen-bond acceptors (Lipinski definition) is 4. The highest BCUT2D eigenvalue weighted by Crippen LogP contribution is 2.37. The van der Waals surface area contributed by atoms with E-state index in [-0.39, 0.29) is 5.56 Å². The maximum Gasteiger partial charge on any atom is 0.340 e. The molecular weight excluding hydrogens is 272 g/mol. The summed E-state index contributed by atoms with van der Waals surface area (Å²) in [4.78, 5) is 20.2. The van der Waals surface area contributed by atoms with E-state index in [1.165, 1.54) is 12.8 Å². The Morgan fingerprint density at radius 3 is 2.75 bits per heavy atom. The summed E-state index contributed by atoms with van der Waals surface area (Å²) < 4.78 is 0. The van der Waals surface area contributed by atoms with Crippen molar-refractivity contribution in [2.75, 3.05) is 0 Å². The Labute approximate surface area is 124 Å². The van der Waals surface area contributed by atoms with Crippen LogP contribution in [-0.2, 0) is 6.42 Å². The molecule has 1 N–H and O–H groups in total. The molecule has 1 heterocycles. The molecule has 0 radical (unpaired) electrons. The number of aromatic nitrogens is 2. The minimum atomic E-state index is -0.920. The van der Waals surface area contributed by atoms with Crippen LogP contribution in [0.4, 0.5) is 0 Å². The lowest BCUT2D eigenvalue weighted by molar-refractivity contribution is 0.0690. The predicted molar refractivity (Wildman–Crippen MR) is 80.4 cm³/mol. The van der Waals surface area contributed by atoms with E-state index in [1.807, 2.05) is 6.92 Å². The van der Waals surface area contributed by atoms with Gasteiger partial charge in [0.25, 0.3) is 0 Å². The maximum absolute atomic E-state index is 11.5. The molecule has 1 fully saturated rings. The van der Waals surface area contributed by atoms with Gasteiger partial charge in [-0.05, 0) is 25.7 Å². The molecule has 0 spiro atoms. The van der Waals surface area contributed by atoms with E-state index in [9.17, 15) is 9.90 Å². The van der Waals surface area contributed by atoms with Crippen molar-refractivity contribution in [2.45, 2.75) is 63.2 Å². The Morgan fingerprint density at radius 2 is 2.15 bits per heavy atom. The first-order valence-electron chi connectivity index (χ1n) is 7.28. The summed E-state index contributed by atoms with van der Waals surface area (Å²) in [5.74, 6) is 0.540. The van der Waals surface area contributed by atoms with E-state index in [1.54, 1.807) is 18.7 Å². The van der Waals surface area contributed by atoms with Crippen LogP contribution in [0.3, 0.4) is 0 Å². The average molecular weight is 294 g/mol. The third-order valence-corrected chi connectivity index (χ3v) is 5.08. The molecule has 2 unspecified atom stereocenters. The first kappa shape index (κ1) is 15.3. The molecule has 4 nitrogen and oxygen atoms in total. The highest BCUT2D eigenvalue weighted by molar-refractivity contribution is 7.99. The molecule has 20 heavy (non-hydrogen) atoms. The molecule has 1 aromatic heterocycles. The number of nitrogens with zero attached hydrogens (tertiary/aromatic N) is 2. The number of carboxylic acid groups (broad SMARTS) is 1. The molecular formula is C15H22N2O2S. The van der Waals surface area contributed by atoms with Crippen LogP contribution in [-0.4, -0.2) is 26.3 Å². The van der Waals surface area contributed by atoms with Gasteiger partial charge in [-0.2, -0.15) is 0 Å². The fraction of sp³-hybridized carbons (Fsp3) is 0.667. The van der Waals surface area contributed by atoms with Gasteiger partial charge in [0.1, 0.15) is 16.4 Å². The largest absolute Gasteiger partial charge is 0.478 e. The van der Waals surface area contributed by atoms with Crippen molar-refractivity contribution >= 4 is 17.7 Å². The number of hydrogen-bond donors (Lipinski definition) is 1. The van der Waals surface area contributed by atoms with Gasteiger partial charge in [0.15, 0.2) is 0 Å². The molecule has 1 aliphatic carbocycles. The minimum Gasteiger partial charge on any atom is -0.478 e. The van der Waals surface area contributed by atoms with E-state index < -0.39 is 5.97 Å². The lowest BCUT2D eigenvalue weighted by Crippen LogP contribution is -2.17. The zero-order valence-corrected chi connectivity index (χ0v) is 13.2. The van der Waals surface area contributed by atoms with Crippen molar-refractivity contribution < 1.29 is 9.90 Å². The molecule has 2 atom stereocenters. The van der Waals surface area contributed by atoms with Gasteiger partial charge < -0.3 is 5.11 Å². The quantitative estimate of drug-likeness (QED) is 0.857.